The van der Waals surface area contributed by atoms with Gasteiger partial charge in [0.1, 0.15) is 22.2 Å². The fourth-order valence-corrected chi connectivity index (χ4v) is 3.95. The molecule has 2 N–H and O–H groups in total. The third-order valence-corrected chi connectivity index (χ3v) is 5.97. The van der Waals surface area contributed by atoms with Crippen LogP contribution in [-0.4, -0.2) is 33.1 Å². The van der Waals surface area contributed by atoms with Gasteiger partial charge in [-0.3, -0.25) is 10.1 Å². The Morgan fingerprint density at radius 1 is 0.895 bits per heavy atom. The third-order valence-electron chi connectivity index (χ3n) is 5.22. The summed E-state index contributed by atoms with van der Waals surface area (Å²) < 4.78 is 12.2. The summed E-state index contributed by atoms with van der Waals surface area (Å²) in [6.45, 7) is 4.80. The van der Waals surface area contributed by atoms with E-state index < -0.39 is 10.6 Å². The molecule has 0 bridgehead atoms. The highest BCUT2D eigenvalue weighted by molar-refractivity contribution is 6.41. The lowest BCUT2D eigenvalue weighted by molar-refractivity contribution is -0.419. The molecule has 4 rings (SSSR count). The molecule has 0 unspecified atom stereocenters. The number of fused-ring (bicyclic) bond motifs is 1. The molecule has 12 heteroatoms. The van der Waals surface area contributed by atoms with Crippen molar-refractivity contribution in [3.8, 4) is 11.5 Å². The highest BCUT2D eigenvalue weighted by Crippen LogP contribution is 2.31. The SMILES string of the molecule is CCOc1ccc(NC(Cl)=C(Cl)C(=C(Nc2ccc(OCC)cc2)n2nnc3ccccc32)[N+](=O)[O-])cc1. The van der Waals surface area contributed by atoms with Gasteiger partial charge in [0.2, 0.25) is 5.82 Å². The molecule has 0 atom stereocenters. The lowest BCUT2D eigenvalue weighted by atomic mass is 10.2. The summed E-state index contributed by atoms with van der Waals surface area (Å²) in [6.07, 6.45) is 0. The quantitative estimate of drug-likeness (QED) is 0.0932. The lowest BCUT2D eigenvalue weighted by Gasteiger charge is -2.14. The Morgan fingerprint density at radius 3 is 2.00 bits per heavy atom. The monoisotopic (exact) mass is 554 g/mol. The highest BCUT2D eigenvalue weighted by Gasteiger charge is 2.29. The molecule has 0 radical (unpaired) electrons. The number of hydrogen-bond donors (Lipinski definition) is 2. The molecule has 196 valence electrons. The molecule has 0 spiro atoms. The number of aromatic nitrogens is 3. The maximum Gasteiger partial charge on any atom is 0.333 e. The van der Waals surface area contributed by atoms with Crippen LogP contribution in [0.5, 0.6) is 11.5 Å². The zero-order valence-electron chi connectivity index (χ0n) is 20.5. The molecular formula is C26H24Cl2N6O4. The van der Waals surface area contributed by atoms with Gasteiger partial charge in [0.15, 0.2) is 5.03 Å². The van der Waals surface area contributed by atoms with Gasteiger partial charge in [0.25, 0.3) is 0 Å². The molecule has 38 heavy (non-hydrogen) atoms. The molecule has 0 aliphatic heterocycles. The van der Waals surface area contributed by atoms with Gasteiger partial charge >= 0.3 is 5.70 Å². The molecule has 0 saturated carbocycles. The molecule has 0 aliphatic rings. The summed E-state index contributed by atoms with van der Waals surface area (Å²) in [4.78, 5) is 11.8. The van der Waals surface area contributed by atoms with Crippen LogP contribution in [0.1, 0.15) is 13.8 Å². The van der Waals surface area contributed by atoms with E-state index in [0.29, 0.717) is 47.1 Å². The maximum atomic E-state index is 12.4. The molecule has 0 aliphatic carbocycles. The topological polar surface area (TPSA) is 116 Å². The number of para-hydroxylation sites is 1. The van der Waals surface area contributed by atoms with Gasteiger partial charge in [0, 0.05) is 11.4 Å². The highest BCUT2D eigenvalue weighted by atomic mass is 35.5. The van der Waals surface area contributed by atoms with Crippen LogP contribution in [0.2, 0.25) is 0 Å². The predicted octanol–water partition coefficient (Wildman–Crippen LogP) is 6.50. The first-order valence-electron chi connectivity index (χ1n) is 11.7. The van der Waals surface area contributed by atoms with E-state index in [1.807, 2.05) is 13.8 Å². The number of benzene rings is 3. The van der Waals surface area contributed by atoms with Crippen LogP contribution < -0.4 is 20.1 Å². The van der Waals surface area contributed by atoms with Gasteiger partial charge in [-0.2, -0.15) is 4.68 Å². The Morgan fingerprint density at radius 2 is 1.45 bits per heavy atom. The van der Waals surface area contributed by atoms with E-state index >= 15 is 0 Å². The minimum absolute atomic E-state index is 0.0514. The molecule has 0 saturated heterocycles. The van der Waals surface area contributed by atoms with Crippen molar-refractivity contribution in [3.05, 3.63) is 98.8 Å². The van der Waals surface area contributed by atoms with E-state index in [-0.39, 0.29) is 16.0 Å². The molecule has 1 aromatic heterocycles. The van der Waals surface area contributed by atoms with Gasteiger partial charge in [-0.1, -0.05) is 40.5 Å². The van der Waals surface area contributed by atoms with Crippen LogP contribution in [0.25, 0.3) is 16.9 Å². The standard InChI is InChI=1S/C26H24Cl2N6O4/c1-3-37-19-13-9-17(10-14-19)29-25(28)23(27)24(34(35)36)26(30-18-11-15-20(16-12-18)38-4-2)33-22-8-6-5-7-21(22)31-32-33/h5-16,29-30H,3-4H2,1-2H3. The zero-order valence-corrected chi connectivity index (χ0v) is 22.0. The Kier molecular flexibility index (Phi) is 8.67. The van der Waals surface area contributed by atoms with Crippen molar-refractivity contribution in [1.29, 1.82) is 0 Å². The zero-order chi connectivity index (χ0) is 27.1. The first-order valence-corrected chi connectivity index (χ1v) is 12.4. The van der Waals surface area contributed by atoms with Crippen LogP contribution in [0.3, 0.4) is 0 Å². The molecule has 1 heterocycles. The van der Waals surface area contributed by atoms with Crippen LogP contribution in [0, 0.1) is 10.1 Å². The molecule has 0 amide bonds. The van der Waals surface area contributed by atoms with Crippen molar-refractivity contribution in [1.82, 2.24) is 15.0 Å². The lowest BCUT2D eigenvalue weighted by Crippen LogP contribution is -2.17. The maximum absolute atomic E-state index is 12.4. The van der Waals surface area contributed by atoms with E-state index in [1.165, 1.54) is 4.68 Å². The van der Waals surface area contributed by atoms with Crippen molar-refractivity contribution in [2.75, 3.05) is 23.8 Å². The van der Waals surface area contributed by atoms with Gasteiger partial charge < -0.3 is 20.1 Å². The van der Waals surface area contributed by atoms with Crippen molar-refractivity contribution in [3.63, 3.8) is 0 Å². The first-order chi connectivity index (χ1) is 18.4. The normalized spacial score (nSPS) is 12.4. The second kappa shape index (κ2) is 12.3. The number of allylic oxidation sites excluding steroid dienone is 1. The van der Waals surface area contributed by atoms with Gasteiger partial charge in [-0.05, 0) is 74.5 Å². The molecule has 4 aromatic rings. The summed E-state index contributed by atoms with van der Waals surface area (Å²) >= 11 is 13.0. The van der Waals surface area contributed by atoms with Gasteiger partial charge in [0.05, 0.1) is 23.7 Å². The number of nitrogens with zero attached hydrogens (tertiary/aromatic N) is 4. The average molecular weight is 555 g/mol. The summed E-state index contributed by atoms with van der Waals surface area (Å²) in [6, 6.07) is 20.9. The van der Waals surface area contributed by atoms with E-state index in [2.05, 4.69) is 20.9 Å². The predicted molar refractivity (Wildman–Crippen MR) is 149 cm³/mol. The van der Waals surface area contributed by atoms with E-state index in [1.54, 1.807) is 72.8 Å². The number of ether oxygens (including phenoxy) is 2. The van der Waals surface area contributed by atoms with Crippen LogP contribution in [0.4, 0.5) is 11.4 Å². The van der Waals surface area contributed by atoms with Crippen LogP contribution in [-0.2, 0) is 0 Å². The largest absolute Gasteiger partial charge is 0.494 e. The van der Waals surface area contributed by atoms with Crippen molar-refractivity contribution in [2.24, 2.45) is 0 Å². The number of nitrogens with one attached hydrogen (secondary N) is 2. The summed E-state index contributed by atoms with van der Waals surface area (Å²) in [7, 11) is 0. The summed E-state index contributed by atoms with van der Waals surface area (Å²) in [5, 5.41) is 26.2. The number of nitro groups is 1. The average Bonchev–Trinajstić information content (AvgIpc) is 3.34. The smallest absolute Gasteiger partial charge is 0.333 e. The van der Waals surface area contributed by atoms with Crippen molar-refractivity contribution < 1.29 is 14.4 Å². The van der Waals surface area contributed by atoms with Crippen LogP contribution in [0.15, 0.2) is 88.7 Å². The van der Waals surface area contributed by atoms with Crippen molar-refractivity contribution in [2.45, 2.75) is 13.8 Å². The molecule has 3 aromatic carbocycles. The second-order valence-electron chi connectivity index (χ2n) is 7.74. The number of hydrogen-bond acceptors (Lipinski definition) is 8. The second-order valence-corrected chi connectivity index (χ2v) is 8.49. The summed E-state index contributed by atoms with van der Waals surface area (Å²) in [5.41, 5.74) is 1.65. The minimum Gasteiger partial charge on any atom is -0.494 e. The third kappa shape index (κ3) is 6.16. The van der Waals surface area contributed by atoms with E-state index in [0.717, 1.165) is 0 Å². The van der Waals surface area contributed by atoms with E-state index in [4.69, 9.17) is 32.7 Å². The molecule has 0 fully saturated rings. The fraction of sp³-hybridized carbons (Fsp3) is 0.154. The molecular weight excluding hydrogens is 531 g/mol. The Hall–Kier alpha value is -4.28. The van der Waals surface area contributed by atoms with Gasteiger partial charge in [-0.25, -0.2) is 0 Å². The van der Waals surface area contributed by atoms with E-state index in [9.17, 15) is 10.1 Å². The Bertz CT molecular complexity index is 1480. The van der Waals surface area contributed by atoms with Gasteiger partial charge in [-0.15, -0.1) is 5.10 Å². The fourth-order valence-electron chi connectivity index (χ4n) is 3.54. The Labute approximate surface area is 228 Å². The van der Waals surface area contributed by atoms with Crippen molar-refractivity contribution >= 4 is 51.4 Å². The first kappa shape index (κ1) is 26.8. The Balaban J connectivity index is 1.81. The van der Waals surface area contributed by atoms with Crippen LogP contribution >= 0.6 is 23.2 Å². The number of anilines is 2. The number of rotatable bonds is 11. The number of halogens is 2. The summed E-state index contributed by atoms with van der Waals surface area (Å²) in [5.74, 6) is 1.28. The minimum atomic E-state index is -0.627. The molecule has 10 nitrogen and oxygen atoms in total.